The molecule has 0 aliphatic carbocycles. The first-order chi connectivity index (χ1) is 7.44. The molecular weight excluding hydrogens is 204 g/mol. The normalized spacial score (nSPS) is 30.1. The van der Waals surface area contributed by atoms with Gasteiger partial charge in [-0.3, -0.25) is 0 Å². The van der Waals surface area contributed by atoms with Gasteiger partial charge in [0.2, 0.25) is 0 Å². The van der Waals surface area contributed by atoms with Crippen LogP contribution in [0.15, 0.2) is 0 Å². The number of carbonyl (C=O) groups excluding carboxylic acids is 1. The molecule has 0 radical (unpaired) electrons. The molecule has 2 fully saturated rings. The predicted octanol–water partition coefficient (Wildman–Crippen LogP) is 1.75. The van der Waals surface area contributed by atoms with Crippen molar-refractivity contribution in [2.75, 3.05) is 13.1 Å². The third-order valence-electron chi connectivity index (χ3n) is 3.11. The van der Waals surface area contributed by atoms with Crippen molar-refractivity contribution in [1.29, 1.82) is 0 Å². The van der Waals surface area contributed by atoms with E-state index in [1.165, 1.54) is 19.3 Å². The number of hydrogen-bond donors (Lipinski definition) is 1. The molecule has 4 heteroatoms. The number of likely N-dealkylation sites (tertiary alicyclic amines) is 1. The lowest BCUT2D eigenvalue weighted by molar-refractivity contribution is 0.0115. The van der Waals surface area contributed by atoms with Crippen LogP contribution in [0, 0.1) is 0 Å². The van der Waals surface area contributed by atoms with Crippen LogP contribution in [0.1, 0.15) is 40.0 Å². The highest BCUT2D eigenvalue weighted by atomic mass is 16.6. The van der Waals surface area contributed by atoms with Gasteiger partial charge >= 0.3 is 6.09 Å². The highest BCUT2D eigenvalue weighted by Crippen LogP contribution is 2.21. The highest BCUT2D eigenvalue weighted by Gasteiger charge is 2.33. The van der Waals surface area contributed by atoms with Crippen LogP contribution < -0.4 is 5.32 Å². The molecule has 0 aromatic heterocycles. The van der Waals surface area contributed by atoms with Crippen LogP contribution in [0.4, 0.5) is 4.79 Å². The summed E-state index contributed by atoms with van der Waals surface area (Å²) in [5, 5.41) is 3.55. The SMILES string of the molecule is CC(C)(C)OC(=O)N1CC2CCCC(C1)N2. The van der Waals surface area contributed by atoms with E-state index in [4.69, 9.17) is 4.74 Å². The number of carbonyl (C=O) groups is 1. The number of nitrogens with one attached hydrogen (secondary N) is 1. The van der Waals surface area contributed by atoms with Gasteiger partial charge in [-0.05, 0) is 33.6 Å². The predicted molar refractivity (Wildman–Crippen MR) is 62.4 cm³/mol. The molecule has 2 heterocycles. The minimum absolute atomic E-state index is 0.161. The molecule has 0 saturated carbocycles. The lowest BCUT2D eigenvalue weighted by atomic mass is 9.94. The van der Waals surface area contributed by atoms with E-state index in [9.17, 15) is 4.79 Å². The molecule has 2 saturated heterocycles. The molecular formula is C12H22N2O2. The average molecular weight is 226 g/mol. The molecule has 4 nitrogen and oxygen atoms in total. The summed E-state index contributed by atoms with van der Waals surface area (Å²) in [4.78, 5) is 13.8. The van der Waals surface area contributed by atoms with Crippen LogP contribution in [0.25, 0.3) is 0 Å². The van der Waals surface area contributed by atoms with Crippen LogP contribution in [0.2, 0.25) is 0 Å². The summed E-state index contributed by atoms with van der Waals surface area (Å²) >= 11 is 0. The second-order valence-corrected chi connectivity index (χ2v) is 5.88. The maximum absolute atomic E-state index is 11.9. The van der Waals surface area contributed by atoms with Crippen LogP contribution in [0.3, 0.4) is 0 Å². The molecule has 2 atom stereocenters. The Balaban J connectivity index is 1.92. The van der Waals surface area contributed by atoms with Crippen LogP contribution in [-0.4, -0.2) is 41.8 Å². The number of piperidine rings is 1. The van der Waals surface area contributed by atoms with Gasteiger partial charge in [-0.2, -0.15) is 0 Å². The quantitative estimate of drug-likeness (QED) is 0.684. The van der Waals surface area contributed by atoms with Crippen molar-refractivity contribution >= 4 is 6.09 Å². The van der Waals surface area contributed by atoms with Crippen molar-refractivity contribution in [2.45, 2.75) is 57.7 Å². The molecule has 0 aromatic carbocycles. The molecule has 2 aliphatic rings. The van der Waals surface area contributed by atoms with Crippen LogP contribution in [-0.2, 0) is 4.74 Å². The summed E-state index contributed by atoms with van der Waals surface area (Å²) in [6.07, 6.45) is 3.47. The van der Waals surface area contributed by atoms with E-state index in [1.807, 2.05) is 25.7 Å². The number of hydrogen-bond acceptors (Lipinski definition) is 3. The Morgan fingerprint density at radius 3 is 2.31 bits per heavy atom. The molecule has 0 aromatic rings. The first kappa shape index (κ1) is 11.7. The molecule has 16 heavy (non-hydrogen) atoms. The number of rotatable bonds is 0. The van der Waals surface area contributed by atoms with Crippen molar-refractivity contribution < 1.29 is 9.53 Å². The average Bonchev–Trinajstić information content (AvgIpc) is 2.14. The third-order valence-corrected chi connectivity index (χ3v) is 3.11. The first-order valence-electron chi connectivity index (χ1n) is 6.18. The van der Waals surface area contributed by atoms with Gasteiger partial charge in [-0.1, -0.05) is 6.42 Å². The number of piperazine rings is 1. The monoisotopic (exact) mass is 226 g/mol. The van der Waals surface area contributed by atoms with Crippen molar-refractivity contribution in [2.24, 2.45) is 0 Å². The second-order valence-electron chi connectivity index (χ2n) is 5.88. The first-order valence-corrected chi connectivity index (χ1v) is 6.18. The summed E-state index contributed by atoms with van der Waals surface area (Å²) in [5.74, 6) is 0. The van der Waals surface area contributed by atoms with E-state index in [0.717, 1.165) is 13.1 Å². The lowest BCUT2D eigenvalue weighted by Gasteiger charge is -2.42. The Hall–Kier alpha value is -0.770. The van der Waals surface area contributed by atoms with Crippen molar-refractivity contribution in [3.63, 3.8) is 0 Å². The largest absolute Gasteiger partial charge is 0.444 e. The maximum Gasteiger partial charge on any atom is 0.410 e. The molecule has 1 amide bonds. The highest BCUT2D eigenvalue weighted by molar-refractivity contribution is 5.68. The Bertz CT molecular complexity index is 261. The van der Waals surface area contributed by atoms with Gasteiger partial charge in [0.25, 0.3) is 0 Å². The zero-order chi connectivity index (χ0) is 11.8. The molecule has 92 valence electrons. The van der Waals surface area contributed by atoms with Gasteiger partial charge in [0.1, 0.15) is 5.60 Å². The minimum Gasteiger partial charge on any atom is -0.444 e. The standard InChI is InChI=1S/C12H22N2O2/c1-12(2,3)16-11(15)14-7-9-5-4-6-10(8-14)13-9/h9-10,13H,4-8H2,1-3H3. The topological polar surface area (TPSA) is 41.6 Å². The fraction of sp³-hybridized carbons (Fsp3) is 0.917. The third kappa shape index (κ3) is 2.88. The van der Waals surface area contributed by atoms with Crippen LogP contribution >= 0.6 is 0 Å². The van der Waals surface area contributed by atoms with Crippen molar-refractivity contribution in [3.8, 4) is 0 Å². The molecule has 2 unspecified atom stereocenters. The summed E-state index contributed by atoms with van der Waals surface area (Å²) in [6.45, 7) is 7.33. The van der Waals surface area contributed by atoms with Gasteiger partial charge in [0.15, 0.2) is 0 Å². The maximum atomic E-state index is 11.9. The van der Waals surface area contributed by atoms with E-state index in [1.54, 1.807) is 0 Å². The molecule has 2 bridgehead atoms. The summed E-state index contributed by atoms with van der Waals surface area (Å²) in [6, 6.07) is 0.944. The summed E-state index contributed by atoms with van der Waals surface area (Å²) < 4.78 is 5.40. The van der Waals surface area contributed by atoms with E-state index in [2.05, 4.69) is 5.32 Å². The van der Waals surface area contributed by atoms with E-state index in [-0.39, 0.29) is 6.09 Å². The van der Waals surface area contributed by atoms with E-state index >= 15 is 0 Å². The number of ether oxygens (including phenoxy) is 1. The zero-order valence-electron chi connectivity index (χ0n) is 10.5. The van der Waals surface area contributed by atoms with Gasteiger partial charge in [-0.25, -0.2) is 4.79 Å². The Kier molecular flexibility index (Phi) is 3.10. The summed E-state index contributed by atoms with van der Waals surface area (Å²) in [7, 11) is 0. The van der Waals surface area contributed by atoms with Crippen LogP contribution in [0.5, 0.6) is 0 Å². The van der Waals surface area contributed by atoms with Gasteiger partial charge in [0, 0.05) is 25.2 Å². The zero-order valence-corrected chi connectivity index (χ0v) is 10.5. The fourth-order valence-corrected chi connectivity index (χ4v) is 2.48. The lowest BCUT2D eigenvalue weighted by Crippen LogP contribution is -2.60. The number of nitrogens with zero attached hydrogens (tertiary/aromatic N) is 1. The number of amides is 1. The van der Waals surface area contributed by atoms with Gasteiger partial charge in [0.05, 0.1) is 0 Å². The fourth-order valence-electron chi connectivity index (χ4n) is 2.48. The van der Waals surface area contributed by atoms with E-state index < -0.39 is 5.60 Å². The Morgan fingerprint density at radius 2 is 1.81 bits per heavy atom. The molecule has 1 N–H and O–H groups in total. The summed E-state index contributed by atoms with van der Waals surface area (Å²) in [5.41, 5.74) is -0.392. The second kappa shape index (κ2) is 4.24. The molecule has 2 rings (SSSR count). The van der Waals surface area contributed by atoms with Crippen molar-refractivity contribution in [1.82, 2.24) is 10.2 Å². The molecule has 0 spiro atoms. The van der Waals surface area contributed by atoms with Gasteiger partial charge < -0.3 is 15.0 Å². The molecule has 2 aliphatic heterocycles. The number of fused-ring (bicyclic) bond motifs is 2. The Morgan fingerprint density at radius 1 is 1.25 bits per heavy atom. The smallest absolute Gasteiger partial charge is 0.410 e. The van der Waals surface area contributed by atoms with Crippen molar-refractivity contribution in [3.05, 3.63) is 0 Å². The Labute approximate surface area is 97.3 Å². The minimum atomic E-state index is -0.392. The van der Waals surface area contributed by atoms with Gasteiger partial charge in [-0.15, -0.1) is 0 Å². The van der Waals surface area contributed by atoms with E-state index in [0.29, 0.717) is 12.1 Å².